The third-order valence-electron chi connectivity index (χ3n) is 2.49. The number of aromatic nitrogens is 1. The van der Waals surface area contributed by atoms with Crippen LogP contribution < -0.4 is 9.64 Å². The predicted octanol–water partition coefficient (Wildman–Crippen LogP) is 1.63. The third-order valence-corrected chi connectivity index (χ3v) is 5.22. The number of ether oxygens (including phenoxy) is 1. The van der Waals surface area contributed by atoms with Crippen LogP contribution in [-0.2, 0) is 0 Å². The molecule has 5 nitrogen and oxygen atoms in total. The van der Waals surface area contributed by atoms with Crippen molar-refractivity contribution in [3.8, 4) is 5.88 Å². The first-order chi connectivity index (χ1) is 9.49. The van der Waals surface area contributed by atoms with Crippen molar-refractivity contribution >= 4 is 30.9 Å². The van der Waals surface area contributed by atoms with E-state index in [1.165, 1.54) is 6.92 Å². The van der Waals surface area contributed by atoms with Gasteiger partial charge in [0.25, 0.3) is 0 Å². The summed E-state index contributed by atoms with van der Waals surface area (Å²) in [6.07, 6.45) is 0. The van der Waals surface area contributed by atoms with Crippen molar-refractivity contribution in [2.24, 2.45) is 0 Å². The van der Waals surface area contributed by atoms with Crippen LogP contribution >= 0.6 is 0 Å². The second-order valence-electron chi connectivity index (χ2n) is 4.34. The molecule has 0 saturated heterocycles. The van der Waals surface area contributed by atoms with E-state index in [-0.39, 0.29) is 26.2 Å². The van der Waals surface area contributed by atoms with Crippen molar-refractivity contribution in [1.29, 1.82) is 0 Å². The van der Waals surface area contributed by atoms with Gasteiger partial charge in [0, 0.05) is 0 Å². The van der Waals surface area contributed by atoms with E-state index in [0.717, 1.165) is 4.69 Å². The van der Waals surface area contributed by atoms with Crippen LogP contribution in [0.3, 0.4) is 0 Å². The van der Waals surface area contributed by atoms with Gasteiger partial charge in [0.2, 0.25) is 0 Å². The summed E-state index contributed by atoms with van der Waals surface area (Å²) in [6, 6.07) is 8.64. The zero-order chi connectivity index (χ0) is 14.7. The molecule has 1 aromatic carbocycles. The molecule has 2 rings (SSSR count). The molecule has 0 amide bonds. The number of Topliss-reactive ketones (excluding diaryl/α,β-unsaturated/α-hetero) is 1. The SMILES string of the molecule is CC(=O)c1[se]c(N(C)C)nc1OC(=O)c1ccccc1. The van der Waals surface area contributed by atoms with Crippen LogP contribution in [0.2, 0.25) is 0 Å². The number of ketones is 1. The summed E-state index contributed by atoms with van der Waals surface area (Å²) in [5.41, 5.74) is 0.434. The first-order valence-corrected chi connectivity index (χ1v) is 7.66. The van der Waals surface area contributed by atoms with Crippen molar-refractivity contribution in [3.05, 3.63) is 40.3 Å². The number of benzene rings is 1. The van der Waals surface area contributed by atoms with Gasteiger partial charge in [-0.3, -0.25) is 0 Å². The van der Waals surface area contributed by atoms with Crippen molar-refractivity contribution in [1.82, 2.24) is 4.98 Å². The number of carbonyl (C=O) groups excluding carboxylic acids is 2. The number of carbonyl (C=O) groups is 2. The molecule has 1 heterocycles. The molecule has 0 aliphatic carbocycles. The third kappa shape index (κ3) is 3.15. The van der Waals surface area contributed by atoms with Crippen LogP contribution in [0.4, 0.5) is 4.69 Å². The zero-order valence-electron chi connectivity index (χ0n) is 11.4. The second kappa shape index (κ2) is 6.03. The summed E-state index contributed by atoms with van der Waals surface area (Å²) in [6.45, 7) is 1.46. The number of anilines is 1. The average molecular weight is 337 g/mol. The maximum absolute atomic E-state index is 12.0. The van der Waals surface area contributed by atoms with Gasteiger partial charge in [-0.2, -0.15) is 0 Å². The molecular weight excluding hydrogens is 323 g/mol. The molecular formula is C14H14N2O3Se. The molecule has 2 aromatic rings. The van der Waals surface area contributed by atoms with Gasteiger partial charge in [0.05, 0.1) is 0 Å². The van der Waals surface area contributed by atoms with E-state index in [1.54, 1.807) is 24.3 Å². The van der Waals surface area contributed by atoms with Crippen molar-refractivity contribution in [2.75, 3.05) is 19.0 Å². The monoisotopic (exact) mass is 338 g/mol. The van der Waals surface area contributed by atoms with E-state index in [1.807, 2.05) is 25.1 Å². The predicted molar refractivity (Wildman–Crippen MR) is 76.9 cm³/mol. The number of esters is 1. The molecule has 20 heavy (non-hydrogen) atoms. The fourth-order valence-electron chi connectivity index (χ4n) is 1.50. The minimum absolute atomic E-state index is 0.110. The Morgan fingerprint density at radius 2 is 1.85 bits per heavy atom. The van der Waals surface area contributed by atoms with Crippen LogP contribution in [0, 0.1) is 0 Å². The summed E-state index contributed by atoms with van der Waals surface area (Å²) in [7, 11) is 3.70. The fourth-order valence-corrected chi connectivity index (χ4v) is 3.20. The van der Waals surface area contributed by atoms with E-state index in [4.69, 9.17) is 4.74 Å². The normalized spacial score (nSPS) is 10.2. The van der Waals surface area contributed by atoms with E-state index in [0.29, 0.717) is 10.0 Å². The quantitative estimate of drug-likeness (QED) is 0.482. The van der Waals surface area contributed by atoms with Gasteiger partial charge in [0.1, 0.15) is 0 Å². The summed E-state index contributed by atoms with van der Waals surface area (Å²) in [5, 5.41) is 0. The van der Waals surface area contributed by atoms with Crippen LogP contribution in [-0.4, -0.2) is 45.3 Å². The Labute approximate surface area is 122 Å². The Hall–Kier alpha value is -1.91. The number of hydrogen-bond acceptors (Lipinski definition) is 5. The topological polar surface area (TPSA) is 59.5 Å². The van der Waals surface area contributed by atoms with Gasteiger partial charge in [-0.05, 0) is 0 Å². The fraction of sp³-hybridized carbons (Fsp3) is 0.214. The Morgan fingerprint density at radius 3 is 2.40 bits per heavy atom. The molecule has 0 aliphatic rings. The molecule has 1 aromatic heterocycles. The molecule has 0 bridgehead atoms. The number of hydrogen-bond donors (Lipinski definition) is 0. The minimum atomic E-state index is -0.501. The second-order valence-corrected chi connectivity index (χ2v) is 6.39. The molecule has 6 heteroatoms. The van der Waals surface area contributed by atoms with E-state index >= 15 is 0 Å². The summed E-state index contributed by atoms with van der Waals surface area (Å²) in [5.74, 6) is -0.476. The van der Waals surface area contributed by atoms with Crippen molar-refractivity contribution < 1.29 is 14.3 Å². The first kappa shape index (κ1) is 14.5. The Kier molecular flexibility index (Phi) is 4.37. The van der Waals surface area contributed by atoms with E-state index < -0.39 is 5.97 Å². The van der Waals surface area contributed by atoms with Gasteiger partial charge >= 0.3 is 122 Å². The molecule has 0 unspecified atom stereocenters. The molecule has 0 radical (unpaired) electrons. The zero-order valence-corrected chi connectivity index (χ0v) is 13.1. The summed E-state index contributed by atoms with van der Waals surface area (Å²) in [4.78, 5) is 29.7. The molecule has 0 N–H and O–H groups in total. The molecule has 0 saturated carbocycles. The Morgan fingerprint density at radius 1 is 1.20 bits per heavy atom. The average Bonchev–Trinajstić information content (AvgIpc) is 2.84. The Bertz CT molecular complexity index is 635. The van der Waals surface area contributed by atoms with Crippen LogP contribution in [0.5, 0.6) is 5.88 Å². The summed E-state index contributed by atoms with van der Waals surface area (Å²) < 4.78 is 6.53. The maximum atomic E-state index is 12.0. The van der Waals surface area contributed by atoms with Gasteiger partial charge in [-0.15, -0.1) is 0 Å². The van der Waals surface area contributed by atoms with Gasteiger partial charge in [-0.1, -0.05) is 0 Å². The molecule has 104 valence electrons. The standard InChI is InChI=1S/C14H14N2O3Se/c1-9(17)11-12(15-14(20-11)16(2)3)19-13(18)10-7-5-4-6-8-10/h4-8H,1-3H3. The van der Waals surface area contributed by atoms with E-state index in [9.17, 15) is 9.59 Å². The van der Waals surface area contributed by atoms with Crippen LogP contribution in [0.25, 0.3) is 0 Å². The molecule has 0 aliphatic heterocycles. The van der Waals surface area contributed by atoms with Gasteiger partial charge in [0.15, 0.2) is 0 Å². The number of rotatable bonds is 4. The van der Waals surface area contributed by atoms with Crippen LogP contribution in [0.1, 0.15) is 26.5 Å². The first-order valence-electron chi connectivity index (χ1n) is 5.95. The number of nitrogens with zero attached hydrogens (tertiary/aromatic N) is 2. The molecule has 0 fully saturated rings. The van der Waals surface area contributed by atoms with Crippen LogP contribution in [0.15, 0.2) is 30.3 Å². The summed E-state index contributed by atoms with van der Waals surface area (Å²) >= 11 is -0.221. The van der Waals surface area contributed by atoms with Crippen molar-refractivity contribution in [3.63, 3.8) is 0 Å². The van der Waals surface area contributed by atoms with Gasteiger partial charge in [-0.25, -0.2) is 0 Å². The molecule has 0 spiro atoms. The van der Waals surface area contributed by atoms with Gasteiger partial charge < -0.3 is 0 Å². The van der Waals surface area contributed by atoms with Crippen molar-refractivity contribution in [2.45, 2.75) is 6.92 Å². The molecule has 0 atom stereocenters. The Balaban J connectivity index is 2.29. The van der Waals surface area contributed by atoms with E-state index in [2.05, 4.69) is 4.98 Å².